The maximum atomic E-state index is 6.21. The van der Waals surface area contributed by atoms with Crippen LogP contribution in [0.25, 0.3) is 5.65 Å². The zero-order valence-corrected chi connectivity index (χ0v) is 16.3. The molecule has 3 aromatic heterocycles. The molecule has 0 radical (unpaired) electrons. The molecular weight excluding hydrogens is 389 g/mol. The van der Waals surface area contributed by atoms with Gasteiger partial charge in [0, 0.05) is 18.1 Å². The second-order valence-electron chi connectivity index (χ2n) is 5.86. The number of halogens is 2. The quantitative estimate of drug-likeness (QED) is 0.445. The average molecular weight is 404 g/mol. The first-order chi connectivity index (χ1) is 12.6. The number of imidazole rings is 1. The molecule has 0 spiro atoms. The van der Waals surface area contributed by atoms with E-state index in [-0.39, 0.29) is 0 Å². The summed E-state index contributed by atoms with van der Waals surface area (Å²) in [5.41, 5.74) is 2.83. The lowest BCUT2D eigenvalue weighted by Crippen LogP contribution is -2.03. The van der Waals surface area contributed by atoms with E-state index in [1.54, 1.807) is 24.0 Å². The molecule has 1 aromatic carbocycles. The second-order valence-corrected chi connectivity index (χ2v) is 7.65. The maximum Gasteiger partial charge on any atom is 0.191 e. The van der Waals surface area contributed by atoms with Crippen LogP contribution >= 0.6 is 35.0 Å². The number of rotatable bonds is 5. The summed E-state index contributed by atoms with van der Waals surface area (Å²) in [6.07, 6.45) is 3.73. The van der Waals surface area contributed by atoms with Gasteiger partial charge in [-0.3, -0.25) is 0 Å². The summed E-state index contributed by atoms with van der Waals surface area (Å²) >= 11 is 13.9. The molecule has 0 N–H and O–H groups in total. The van der Waals surface area contributed by atoms with Gasteiger partial charge in [-0.15, -0.1) is 10.2 Å². The Bertz CT molecular complexity index is 1060. The fourth-order valence-electron chi connectivity index (χ4n) is 2.70. The van der Waals surface area contributed by atoms with Crippen LogP contribution in [-0.4, -0.2) is 24.1 Å². The van der Waals surface area contributed by atoms with Crippen LogP contribution in [0.1, 0.15) is 17.1 Å². The molecule has 0 saturated heterocycles. The number of benzene rings is 1. The van der Waals surface area contributed by atoms with Crippen LogP contribution < -0.4 is 0 Å². The van der Waals surface area contributed by atoms with Crippen molar-refractivity contribution in [3.8, 4) is 0 Å². The fourth-order valence-corrected chi connectivity index (χ4v) is 4.09. The van der Waals surface area contributed by atoms with Gasteiger partial charge in [-0.2, -0.15) is 0 Å². The van der Waals surface area contributed by atoms with Crippen molar-refractivity contribution in [2.24, 2.45) is 0 Å². The van der Waals surface area contributed by atoms with Crippen molar-refractivity contribution >= 4 is 40.6 Å². The van der Waals surface area contributed by atoms with Gasteiger partial charge in [0.2, 0.25) is 0 Å². The minimum atomic E-state index is 0.539. The molecule has 0 atom stereocenters. The summed E-state index contributed by atoms with van der Waals surface area (Å²) in [6.45, 7) is 2.71. The van der Waals surface area contributed by atoms with Crippen molar-refractivity contribution in [2.45, 2.75) is 24.4 Å². The minimum absolute atomic E-state index is 0.539. The molecule has 0 bridgehead atoms. The lowest BCUT2D eigenvalue weighted by Gasteiger charge is -2.07. The van der Waals surface area contributed by atoms with Crippen LogP contribution in [0, 0.1) is 6.92 Å². The Morgan fingerprint density at radius 1 is 1.08 bits per heavy atom. The first kappa shape index (κ1) is 17.4. The summed E-state index contributed by atoms with van der Waals surface area (Å²) in [5.74, 6) is 1.56. The van der Waals surface area contributed by atoms with Crippen molar-refractivity contribution in [1.82, 2.24) is 24.1 Å². The normalized spacial score (nSPS) is 11.3. The van der Waals surface area contributed by atoms with Crippen molar-refractivity contribution < 1.29 is 0 Å². The van der Waals surface area contributed by atoms with Crippen molar-refractivity contribution in [2.75, 3.05) is 0 Å². The summed E-state index contributed by atoms with van der Waals surface area (Å²) in [5, 5.41) is 10.5. The number of fused-ring (bicyclic) bond motifs is 1. The van der Waals surface area contributed by atoms with E-state index in [4.69, 9.17) is 23.2 Å². The number of hydrogen-bond donors (Lipinski definition) is 0. The predicted molar refractivity (Wildman–Crippen MR) is 105 cm³/mol. The van der Waals surface area contributed by atoms with E-state index < -0.39 is 0 Å². The van der Waals surface area contributed by atoms with Gasteiger partial charge < -0.3 is 8.97 Å². The lowest BCUT2D eigenvalue weighted by molar-refractivity contribution is 0.688. The van der Waals surface area contributed by atoms with Gasteiger partial charge in [-0.25, -0.2) is 4.98 Å². The first-order valence-electron chi connectivity index (χ1n) is 7.99. The van der Waals surface area contributed by atoms with E-state index in [1.165, 1.54) is 5.56 Å². The highest BCUT2D eigenvalue weighted by atomic mass is 35.5. The molecule has 26 heavy (non-hydrogen) atoms. The number of thioether (sulfide) groups is 1. The number of aryl methyl sites for hydroxylation is 1. The van der Waals surface area contributed by atoms with Crippen LogP contribution in [0.4, 0.5) is 0 Å². The zero-order chi connectivity index (χ0) is 18.1. The third-order valence-corrected chi connectivity index (χ3v) is 5.44. The van der Waals surface area contributed by atoms with Crippen molar-refractivity contribution in [1.29, 1.82) is 0 Å². The maximum absolute atomic E-state index is 6.21. The Morgan fingerprint density at radius 2 is 1.88 bits per heavy atom. The zero-order valence-electron chi connectivity index (χ0n) is 13.9. The average Bonchev–Trinajstić information content (AvgIpc) is 3.18. The molecule has 0 unspecified atom stereocenters. The molecule has 0 aliphatic rings. The number of pyridine rings is 1. The van der Waals surface area contributed by atoms with Crippen LogP contribution in [0.5, 0.6) is 0 Å². The van der Waals surface area contributed by atoms with Gasteiger partial charge in [0.25, 0.3) is 0 Å². The summed E-state index contributed by atoms with van der Waals surface area (Å²) in [4.78, 5) is 4.58. The molecule has 3 heterocycles. The van der Waals surface area contributed by atoms with E-state index in [2.05, 4.69) is 31.9 Å². The standard InChI is InChI=1S/C18H15Cl2N5S/c1-12-22-23-18(25(12)8-13-5-3-2-4-6-13)26-11-15-10-24-9-14(19)7-16(20)17(24)21-15/h2-7,9-10H,8,11H2,1H3. The molecular formula is C18H15Cl2N5S. The third kappa shape index (κ3) is 3.58. The van der Waals surface area contributed by atoms with Crippen LogP contribution in [0.2, 0.25) is 10.0 Å². The van der Waals surface area contributed by atoms with E-state index in [0.717, 1.165) is 23.2 Å². The molecule has 0 fully saturated rings. The molecule has 8 heteroatoms. The van der Waals surface area contributed by atoms with E-state index in [9.17, 15) is 0 Å². The fraction of sp³-hybridized carbons (Fsp3) is 0.167. The lowest BCUT2D eigenvalue weighted by atomic mass is 10.2. The van der Waals surface area contributed by atoms with Crippen LogP contribution in [0.15, 0.2) is 53.9 Å². The van der Waals surface area contributed by atoms with Crippen LogP contribution in [-0.2, 0) is 12.3 Å². The Morgan fingerprint density at radius 3 is 2.69 bits per heavy atom. The van der Waals surface area contributed by atoms with Crippen molar-refractivity contribution in [3.05, 3.63) is 75.9 Å². The Kier molecular flexibility index (Phi) is 4.89. The van der Waals surface area contributed by atoms with Gasteiger partial charge in [0.1, 0.15) is 5.82 Å². The van der Waals surface area contributed by atoms with Gasteiger partial charge in [0.15, 0.2) is 10.8 Å². The highest BCUT2D eigenvalue weighted by Gasteiger charge is 2.12. The largest absolute Gasteiger partial charge is 0.304 e. The summed E-state index contributed by atoms with van der Waals surface area (Å²) in [7, 11) is 0. The van der Waals surface area contributed by atoms with Gasteiger partial charge in [-0.05, 0) is 18.6 Å². The summed E-state index contributed by atoms with van der Waals surface area (Å²) in [6, 6.07) is 12.0. The second kappa shape index (κ2) is 7.31. The number of hydrogen-bond acceptors (Lipinski definition) is 4. The molecule has 4 aromatic rings. The highest BCUT2D eigenvalue weighted by molar-refractivity contribution is 7.98. The van der Waals surface area contributed by atoms with Gasteiger partial charge in [0.05, 0.1) is 22.3 Å². The minimum Gasteiger partial charge on any atom is -0.304 e. The SMILES string of the molecule is Cc1nnc(SCc2cn3cc(Cl)cc(Cl)c3n2)n1Cc1ccccc1. The topological polar surface area (TPSA) is 48.0 Å². The molecule has 5 nitrogen and oxygen atoms in total. The van der Waals surface area contributed by atoms with Gasteiger partial charge in [-0.1, -0.05) is 65.3 Å². The number of nitrogens with zero attached hydrogens (tertiary/aromatic N) is 5. The molecule has 4 rings (SSSR count). The third-order valence-electron chi connectivity index (χ3n) is 3.96. The van der Waals surface area contributed by atoms with E-state index in [1.807, 2.05) is 35.7 Å². The number of aromatic nitrogens is 5. The molecule has 0 amide bonds. The van der Waals surface area contributed by atoms with Crippen molar-refractivity contribution in [3.63, 3.8) is 0 Å². The smallest absolute Gasteiger partial charge is 0.191 e. The first-order valence-corrected chi connectivity index (χ1v) is 9.73. The molecule has 0 saturated carbocycles. The molecule has 0 aliphatic carbocycles. The molecule has 132 valence electrons. The van der Waals surface area contributed by atoms with Gasteiger partial charge >= 0.3 is 0 Å². The Balaban J connectivity index is 1.54. The Labute approximate surface area is 165 Å². The monoisotopic (exact) mass is 403 g/mol. The van der Waals surface area contributed by atoms with E-state index >= 15 is 0 Å². The summed E-state index contributed by atoms with van der Waals surface area (Å²) < 4.78 is 3.96. The Hall–Kier alpha value is -2.02. The highest BCUT2D eigenvalue weighted by Crippen LogP contribution is 2.26. The van der Waals surface area contributed by atoms with E-state index in [0.29, 0.717) is 21.4 Å². The predicted octanol–water partition coefficient (Wildman–Crippen LogP) is 4.88. The molecule has 0 aliphatic heterocycles. The van der Waals surface area contributed by atoms with Crippen LogP contribution in [0.3, 0.4) is 0 Å².